The molecular formula is C15H23N3O2. The van der Waals surface area contributed by atoms with Crippen LogP contribution < -0.4 is 10.6 Å². The van der Waals surface area contributed by atoms with Gasteiger partial charge in [-0.2, -0.15) is 0 Å². The van der Waals surface area contributed by atoms with E-state index in [2.05, 4.69) is 4.90 Å². The molecule has 110 valence electrons. The predicted molar refractivity (Wildman–Crippen MR) is 80.9 cm³/mol. The molecule has 5 heteroatoms. The van der Waals surface area contributed by atoms with Gasteiger partial charge in [0.25, 0.3) is 5.91 Å². The zero-order valence-corrected chi connectivity index (χ0v) is 12.2. The molecule has 1 aliphatic heterocycles. The maximum Gasteiger partial charge on any atom is 0.255 e. The highest BCUT2D eigenvalue weighted by atomic mass is 16.3. The summed E-state index contributed by atoms with van der Waals surface area (Å²) in [6.07, 6.45) is 2.06. The Hall–Kier alpha value is -1.75. The second-order valence-electron chi connectivity index (χ2n) is 5.61. The molecule has 0 saturated carbocycles. The summed E-state index contributed by atoms with van der Waals surface area (Å²) in [5.41, 5.74) is 8.08. The molecule has 1 aromatic carbocycles. The Labute approximate surface area is 120 Å². The maximum atomic E-state index is 12.3. The molecule has 0 radical (unpaired) electrons. The van der Waals surface area contributed by atoms with Gasteiger partial charge < -0.3 is 20.6 Å². The van der Waals surface area contributed by atoms with Crippen molar-refractivity contribution in [3.8, 4) is 0 Å². The van der Waals surface area contributed by atoms with Gasteiger partial charge in [0.15, 0.2) is 0 Å². The zero-order valence-electron chi connectivity index (χ0n) is 12.2. The third-order valence-electron chi connectivity index (χ3n) is 3.78. The van der Waals surface area contributed by atoms with Crippen LogP contribution in [0, 0.1) is 5.92 Å². The predicted octanol–water partition coefficient (Wildman–Crippen LogP) is 1.18. The largest absolute Gasteiger partial charge is 0.399 e. The second kappa shape index (κ2) is 6.13. The monoisotopic (exact) mass is 277 g/mol. The molecule has 1 fully saturated rings. The molecule has 0 aromatic heterocycles. The third-order valence-corrected chi connectivity index (χ3v) is 3.78. The molecule has 1 unspecified atom stereocenters. The number of rotatable bonds is 3. The standard InChI is InChI=1S/C15H23N3O2/c1-17(2)15(20)13-6-5-12(16)8-14(13)18-7-3-4-11(9-18)10-19/h5-6,8,11,19H,3-4,7,9-10,16H2,1-2H3. The van der Waals surface area contributed by atoms with E-state index in [0.717, 1.165) is 31.6 Å². The summed E-state index contributed by atoms with van der Waals surface area (Å²) in [7, 11) is 3.49. The van der Waals surface area contributed by atoms with Gasteiger partial charge in [0, 0.05) is 39.5 Å². The quantitative estimate of drug-likeness (QED) is 0.814. The number of aliphatic hydroxyl groups is 1. The van der Waals surface area contributed by atoms with Crippen molar-refractivity contribution in [3.63, 3.8) is 0 Å². The van der Waals surface area contributed by atoms with E-state index in [1.165, 1.54) is 0 Å². The van der Waals surface area contributed by atoms with E-state index < -0.39 is 0 Å². The number of aliphatic hydroxyl groups excluding tert-OH is 1. The first-order valence-corrected chi connectivity index (χ1v) is 7.00. The SMILES string of the molecule is CN(C)C(=O)c1ccc(N)cc1N1CCCC(CO)C1. The fourth-order valence-corrected chi connectivity index (χ4v) is 2.66. The fourth-order valence-electron chi connectivity index (χ4n) is 2.66. The first-order chi connectivity index (χ1) is 9.52. The maximum absolute atomic E-state index is 12.3. The van der Waals surface area contributed by atoms with E-state index in [-0.39, 0.29) is 18.4 Å². The minimum absolute atomic E-state index is 0.0221. The molecule has 0 bridgehead atoms. The van der Waals surface area contributed by atoms with E-state index in [1.807, 2.05) is 6.07 Å². The van der Waals surface area contributed by atoms with Crippen molar-refractivity contribution in [2.45, 2.75) is 12.8 Å². The zero-order chi connectivity index (χ0) is 14.7. The highest BCUT2D eigenvalue weighted by Crippen LogP contribution is 2.29. The van der Waals surface area contributed by atoms with Crippen LogP contribution in [0.5, 0.6) is 0 Å². The average molecular weight is 277 g/mol. The summed E-state index contributed by atoms with van der Waals surface area (Å²) in [5, 5.41) is 9.35. The minimum Gasteiger partial charge on any atom is -0.399 e. The molecule has 5 nitrogen and oxygen atoms in total. The molecule has 3 N–H and O–H groups in total. The average Bonchev–Trinajstić information content (AvgIpc) is 2.46. The van der Waals surface area contributed by atoms with Crippen LogP contribution in [-0.2, 0) is 0 Å². The van der Waals surface area contributed by atoms with Gasteiger partial charge in [0.1, 0.15) is 0 Å². The molecule has 2 rings (SSSR count). The van der Waals surface area contributed by atoms with Gasteiger partial charge in [-0.05, 0) is 37.0 Å². The third kappa shape index (κ3) is 3.04. The number of piperidine rings is 1. The smallest absolute Gasteiger partial charge is 0.255 e. The number of amides is 1. The van der Waals surface area contributed by atoms with Crippen molar-refractivity contribution in [3.05, 3.63) is 23.8 Å². The van der Waals surface area contributed by atoms with Gasteiger partial charge in [-0.15, -0.1) is 0 Å². The van der Waals surface area contributed by atoms with E-state index in [0.29, 0.717) is 11.3 Å². The lowest BCUT2D eigenvalue weighted by Gasteiger charge is -2.35. The van der Waals surface area contributed by atoms with Crippen LogP contribution in [-0.4, -0.2) is 49.7 Å². The number of hydrogen-bond donors (Lipinski definition) is 2. The van der Waals surface area contributed by atoms with Crippen molar-refractivity contribution in [2.24, 2.45) is 5.92 Å². The Kier molecular flexibility index (Phi) is 4.49. The van der Waals surface area contributed by atoms with Gasteiger partial charge in [-0.25, -0.2) is 0 Å². The summed E-state index contributed by atoms with van der Waals surface area (Å²) in [5.74, 6) is 0.249. The van der Waals surface area contributed by atoms with E-state index in [4.69, 9.17) is 5.73 Å². The molecule has 1 atom stereocenters. The topological polar surface area (TPSA) is 69.8 Å². The van der Waals surface area contributed by atoms with Crippen LogP contribution in [0.25, 0.3) is 0 Å². The number of nitrogens with two attached hydrogens (primary N) is 1. The number of carbonyl (C=O) groups is 1. The normalized spacial score (nSPS) is 18.9. The Bertz CT molecular complexity index is 488. The van der Waals surface area contributed by atoms with Crippen molar-refractivity contribution in [1.82, 2.24) is 4.90 Å². The number of carbonyl (C=O) groups excluding carboxylic acids is 1. The van der Waals surface area contributed by atoms with Crippen LogP contribution in [0.1, 0.15) is 23.2 Å². The highest BCUT2D eigenvalue weighted by Gasteiger charge is 2.24. The Morgan fingerprint density at radius 1 is 1.50 bits per heavy atom. The molecule has 1 heterocycles. The Morgan fingerprint density at radius 3 is 2.90 bits per heavy atom. The first-order valence-electron chi connectivity index (χ1n) is 7.00. The summed E-state index contributed by atoms with van der Waals surface area (Å²) in [4.78, 5) is 16.0. The fraction of sp³-hybridized carbons (Fsp3) is 0.533. The van der Waals surface area contributed by atoms with Gasteiger partial charge in [-0.1, -0.05) is 0 Å². The summed E-state index contributed by atoms with van der Waals surface area (Å²) < 4.78 is 0. The summed E-state index contributed by atoms with van der Waals surface area (Å²) in [6, 6.07) is 5.40. The molecule has 1 aromatic rings. The second-order valence-corrected chi connectivity index (χ2v) is 5.61. The lowest BCUT2D eigenvalue weighted by molar-refractivity contribution is 0.0828. The van der Waals surface area contributed by atoms with Crippen molar-refractivity contribution >= 4 is 17.3 Å². The van der Waals surface area contributed by atoms with E-state index in [1.54, 1.807) is 31.1 Å². The highest BCUT2D eigenvalue weighted by molar-refractivity contribution is 6.00. The van der Waals surface area contributed by atoms with Gasteiger partial charge in [0.05, 0.1) is 11.3 Å². The number of nitrogens with zero attached hydrogens (tertiary/aromatic N) is 2. The molecule has 20 heavy (non-hydrogen) atoms. The van der Waals surface area contributed by atoms with Gasteiger partial charge >= 0.3 is 0 Å². The van der Waals surface area contributed by atoms with Crippen LogP contribution in [0.4, 0.5) is 11.4 Å². The number of nitrogen functional groups attached to an aromatic ring is 1. The minimum atomic E-state index is -0.0221. The summed E-state index contributed by atoms with van der Waals surface area (Å²) >= 11 is 0. The Morgan fingerprint density at radius 2 is 2.25 bits per heavy atom. The van der Waals surface area contributed by atoms with Crippen LogP contribution in [0.15, 0.2) is 18.2 Å². The number of anilines is 2. The van der Waals surface area contributed by atoms with E-state index in [9.17, 15) is 9.90 Å². The van der Waals surface area contributed by atoms with Crippen molar-refractivity contribution < 1.29 is 9.90 Å². The van der Waals surface area contributed by atoms with Crippen LogP contribution >= 0.6 is 0 Å². The molecular weight excluding hydrogens is 254 g/mol. The van der Waals surface area contributed by atoms with Gasteiger partial charge in [0.2, 0.25) is 0 Å². The molecule has 1 aliphatic rings. The molecule has 1 amide bonds. The van der Waals surface area contributed by atoms with Gasteiger partial charge in [-0.3, -0.25) is 4.79 Å². The van der Waals surface area contributed by atoms with E-state index >= 15 is 0 Å². The van der Waals surface area contributed by atoms with Crippen LogP contribution in [0.2, 0.25) is 0 Å². The first kappa shape index (κ1) is 14.7. The molecule has 1 saturated heterocycles. The van der Waals surface area contributed by atoms with Crippen LogP contribution in [0.3, 0.4) is 0 Å². The lowest BCUT2D eigenvalue weighted by atomic mass is 9.97. The van der Waals surface area contributed by atoms with Crippen molar-refractivity contribution in [1.29, 1.82) is 0 Å². The summed E-state index contributed by atoms with van der Waals surface area (Å²) in [6.45, 7) is 1.86. The molecule has 0 aliphatic carbocycles. The number of hydrogen-bond acceptors (Lipinski definition) is 4. The lowest BCUT2D eigenvalue weighted by Crippen LogP contribution is -2.38. The molecule has 0 spiro atoms. The Balaban J connectivity index is 2.34. The van der Waals surface area contributed by atoms with Crippen molar-refractivity contribution in [2.75, 3.05) is 44.4 Å². The number of benzene rings is 1.